The quantitative estimate of drug-likeness (QED) is 0.335. The van der Waals surface area contributed by atoms with E-state index in [9.17, 15) is 17.6 Å². The van der Waals surface area contributed by atoms with Gasteiger partial charge in [-0.15, -0.1) is 13.2 Å². The van der Waals surface area contributed by atoms with Crippen LogP contribution in [-0.2, 0) is 0 Å². The van der Waals surface area contributed by atoms with Gasteiger partial charge in [-0.05, 0) is 43.3 Å². The van der Waals surface area contributed by atoms with Crippen LogP contribution in [0.4, 0.5) is 23.4 Å². The minimum Gasteiger partial charge on any atom is -0.482 e. The fourth-order valence-electron chi connectivity index (χ4n) is 2.74. The lowest BCUT2D eigenvalue weighted by atomic mass is 10.1. The molecule has 0 aliphatic heterocycles. The molecule has 1 unspecified atom stereocenters. The molecule has 0 aliphatic carbocycles. The summed E-state index contributed by atoms with van der Waals surface area (Å²) in [6, 6.07) is 10.8. The summed E-state index contributed by atoms with van der Waals surface area (Å²) in [5.74, 6) is -0.880. The van der Waals surface area contributed by atoms with E-state index in [2.05, 4.69) is 9.72 Å². The van der Waals surface area contributed by atoms with E-state index in [0.717, 1.165) is 6.07 Å². The van der Waals surface area contributed by atoms with Gasteiger partial charge in [0, 0.05) is 16.1 Å². The van der Waals surface area contributed by atoms with Gasteiger partial charge in [-0.1, -0.05) is 35.3 Å². The second-order valence-electron chi connectivity index (χ2n) is 6.17. The van der Waals surface area contributed by atoms with Crippen molar-refractivity contribution < 1.29 is 27.0 Å². The van der Waals surface area contributed by atoms with Crippen LogP contribution in [0.2, 0.25) is 10.0 Å². The number of aromatic nitrogens is 1. The number of pyridine rings is 1. The molecule has 2 N–H and O–H groups in total. The first-order valence-corrected chi connectivity index (χ1v) is 9.23. The molecule has 0 aliphatic rings. The van der Waals surface area contributed by atoms with E-state index in [0.29, 0.717) is 11.3 Å². The number of nitrogens with two attached hydrogens (primary N) is 1. The molecule has 158 valence electrons. The first kappa shape index (κ1) is 22.0. The lowest BCUT2D eigenvalue weighted by Crippen LogP contribution is -2.17. The monoisotopic (exact) mass is 460 g/mol. The zero-order chi connectivity index (χ0) is 22.1. The first-order valence-electron chi connectivity index (χ1n) is 8.48. The van der Waals surface area contributed by atoms with E-state index in [1.54, 1.807) is 13.0 Å². The van der Waals surface area contributed by atoms with Crippen LogP contribution in [0.1, 0.15) is 18.6 Å². The van der Waals surface area contributed by atoms with E-state index >= 15 is 0 Å². The van der Waals surface area contributed by atoms with Gasteiger partial charge >= 0.3 is 6.36 Å². The highest BCUT2D eigenvalue weighted by atomic mass is 35.5. The zero-order valence-corrected chi connectivity index (χ0v) is 16.8. The Kier molecular flexibility index (Phi) is 6.28. The van der Waals surface area contributed by atoms with Gasteiger partial charge in [0.25, 0.3) is 0 Å². The molecule has 0 amide bonds. The number of nitrogens with zero attached hydrogens (tertiary/aromatic N) is 1. The van der Waals surface area contributed by atoms with Gasteiger partial charge in [-0.25, -0.2) is 9.37 Å². The Morgan fingerprint density at radius 1 is 1.07 bits per heavy atom. The molecule has 0 spiro atoms. The predicted octanol–water partition coefficient (Wildman–Crippen LogP) is 6.82. The number of ether oxygens (including phenoxy) is 2. The van der Waals surface area contributed by atoms with Crippen LogP contribution in [-0.4, -0.2) is 11.3 Å². The predicted molar refractivity (Wildman–Crippen MR) is 106 cm³/mol. The van der Waals surface area contributed by atoms with Crippen molar-refractivity contribution in [3.63, 3.8) is 0 Å². The van der Waals surface area contributed by atoms with E-state index in [-0.39, 0.29) is 32.9 Å². The van der Waals surface area contributed by atoms with Gasteiger partial charge in [0.1, 0.15) is 17.7 Å². The summed E-state index contributed by atoms with van der Waals surface area (Å²) in [6.07, 6.45) is -5.56. The van der Waals surface area contributed by atoms with Crippen LogP contribution in [0.5, 0.6) is 11.5 Å². The topological polar surface area (TPSA) is 57.4 Å². The summed E-state index contributed by atoms with van der Waals surface area (Å²) >= 11 is 12.1. The fraction of sp³-hybridized carbons (Fsp3) is 0.150. The number of anilines is 1. The third kappa shape index (κ3) is 5.06. The Balaban J connectivity index is 1.85. The smallest absolute Gasteiger partial charge is 0.482 e. The summed E-state index contributed by atoms with van der Waals surface area (Å²) in [4.78, 5) is 4.17. The number of benzene rings is 2. The van der Waals surface area contributed by atoms with Gasteiger partial charge in [-0.2, -0.15) is 0 Å². The first-order chi connectivity index (χ1) is 14.0. The molecule has 0 saturated heterocycles. The molecule has 30 heavy (non-hydrogen) atoms. The molecule has 4 nitrogen and oxygen atoms in total. The van der Waals surface area contributed by atoms with Crippen molar-refractivity contribution in [2.24, 2.45) is 0 Å². The lowest BCUT2D eigenvalue weighted by molar-refractivity contribution is -0.274. The summed E-state index contributed by atoms with van der Waals surface area (Å²) in [6.45, 7) is 1.61. The highest BCUT2D eigenvalue weighted by Crippen LogP contribution is 2.36. The fourth-order valence-corrected chi connectivity index (χ4v) is 3.42. The normalized spacial score (nSPS) is 12.5. The van der Waals surface area contributed by atoms with Crippen molar-refractivity contribution >= 4 is 29.0 Å². The van der Waals surface area contributed by atoms with E-state index in [4.69, 9.17) is 33.7 Å². The highest BCUT2D eigenvalue weighted by Gasteiger charge is 2.31. The second kappa shape index (κ2) is 8.57. The van der Waals surface area contributed by atoms with Gasteiger partial charge in [0.2, 0.25) is 0 Å². The summed E-state index contributed by atoms with van der Waals surface area (Å²) in [5.41, 5.74) is 6.86. The maximum atomic E-state index is 13.7. The van der Waals surface area contributed by atoms with Gasteiger partial charge < -0.3 is 15.2 Å². The molecule has 1 atom stereocenters. The molecular formula is C20H14Cl2F4N2O2. The van der Waals surface area contributed by atoms with Crippen molar-refractivity contribution in [3.05, 3.63) is 70.0 Å². The molecule has 3 rings (SSSR count). The minimum absolute atomic E-state index is 0.0230. The Morgan fingerprint density at radius 2 is 1.80 bits per heavy atom. The van der Waals surface area contributed by atoms with Crippen molar-refractivity contribution in [3.8, 4) is 22.8 Å². The summed E-state index contributed by atoms with van der Waals surface area (Å²) in [5, 5.41) is 0.0539. The Labute approximate surface area is 179 Å². The van der Waals surface area contributed by atoms with Gasteiger partial charge in [0.05, 0.1) is 10.7 Å². The SMILES string of the molecule is CC(Oc1ccc(-c2cccc(OC(F)(F)F)c2)nc1N)c1c(Cl)ccc(F)c1Cl. The van der Waals surface area contributed by atoms with E-state index in [1.165, 1.54) is 36.4 Å². The Hall–Kier alpha value is -2.71. The van der Waals surface area contributed by atoms with Crippen molar-refractivity contribution in [2.75, 3.05) is 5.73 Å². The van der Waals surface area contributed by atoms with Crippen LogP contribution in [0.25, 0.3) is 11.3 Å². The van der Waals surface area contributed by atoms with Crippen LogP contribution in [0.3, 0.4) is 0 Å². The highest BCUT2D eigenvalue weighted by molar-refractivity contribution is 6.36. The van der Waals surface area contributed by atoms with Crippen molar-refractivity contribution in [1.29, 1.82) is 0 Å². The zero-order valence-electron chi connectivity index (χ0n) is 15.3. The van der Waals surface area contributed by atoms with Crippen LogP contribution < -0.4 is 15.2 Å². The molecule has 2 aromatic carbocycles. The number of halogens is 6. The standard InChI is InChI=1S/C20H14Cl2F4N2O2/c1-10(17-13(21)5-6-14(23)18(17)22)29-16-8-7-15(28-19(16)27)11-3-2-4-12(9-11)30-20(24,25)26/h2-10H,1H3,(H2,27,28). The molecule has 0 radical (unpaired) electrons. The number of rotatable bonds is 5. The number of hydrogen-bond donors (Lipinski definition) is 1. The average Bonchev–Trinajstić information content (AvgIpc) is 2.65. The second-order valence-corrected chi connectivity index (χ2v) is 6.96. The average molecular weight is 461 g/mol. The van der Waals surface area contributed by atoms with E-state index < -0.39 is 18.3 Å². The minimum atomic E-state index is -4.81. The number of nitrogen functional groups attached to an aromatic ring is 1. The maximum Gasteiger partial charge on any atom is 0.573 e. The number of hydrogen-bond acceptors (Lipinski definition) is 4. The summed E-state index contributed by atoms with van der Waals surface area (Å²) in [7, 11) is 0. The third-order valence-electron chi connectivity index (χ3n) is 4.04. The maximum absolute atomic E-state index is 13.7. The number of alkyl halides is 3. The summed E-state index contributed by atoms with van der Waals surface area (Å²) < 4.78 is 60.7. The third-order valence-corrected chi connectivity index (χ3v) is 4.75. The largest absolute Gasteiger partial charge is 0.573 e. The Morgan fingerprint density at radius 3 is 2.47 bits per heavy atom. The molecule has 1 heterocycles. The van der Waals surface area contributed by atoms with Crippen LogP contribution >= 0.6 is 23.2 Å². The Bertz CT molecular complexity index is 1080. The van der Waals surface area contributed by atoms with E-state index in [1.807, 2.05) is 0 Å². The molecule has 0 fully saturated rings. The lowest BCUT2D eigenvalue weighted by Gasteiger charge is -2.19. The van der Waals surface area contributed by atoms with Crippen molar-refractivity contribution in [2.45, 2.75) is 19.4 Å². The van der Waals surface area contributed by atoms with Gasteiger partial charge in [0.15, 0.2) is 11.6 Å². The molecule has 0 bridgehead atoms. The van der Waals surface area contributed by atoms with Gasteiger partial charge in [-0.3, -0.25) is 0 Å². The molecule has 3 aromatic rings. The molecule has 10 heteroatoms. The van der Waals surface area contributed by atoms with Crippen LogP contribution in [0.15, 0.2) is 48.5 Å². The molecule has 1 aromatic heterocycles. The van der Waals surface area contributed by atoms with Crippen LogP contribution in [0, 0.1) is 5.82 Å². The molecule has 0 saturated carbocycles. The molecular weight excluding hydrogens is 447 g/mol. The van der Waals surface area contributed by atoms with Crippen molar-refractivity contribution in [1.82, 2.24) is 4.98 Å².